The number of nitrogens with zero attached hydrogens (tertiary/aromatic N) is 2. The van der Waals surface area contributed by atoms with Crippen LogP contribution in [-0.4, -0.2) is 9.55 Å². The Bertz CT molecular complexity index is 688. The number of nitrogens with two attached hydrogens (primary N) is 1. The maximum atomic E-state index is 5.91. The molecule has 2 N–H and O–H groups in total. The van der Waals surface area contributed by atoms with Crippen molar-refractivity contribution in [3.8, 4) is 5.69 Å². The molecule has 3 nitrogen and oxygen atoms in total. The van der Waals surface area contributed by atoms with Crippen LogP contribution in [0.15, 0.2) is 48.8 Å². The zero-order chi connectivity index (χ0) is 11.8. The van der Waals surface area contributed by atoms with Gasteiger partial charge in [-0.2, -0.15) is 0 Å². The van der Waals surface area contributed by atoms with E-state index in [9.17, 15) is 0 Å². The van der Waals surface area contributed by atoms with Crippen LogP contribution in [0.25, 0.3) is 16.7 Å². The van der Waals surface area contributed by atoms with Crippen LogP contribution in [0.4, 0.5) is 5.69 Å². The van der Waals surface area contributed by atoms with Crippen molar-refractivity contribution in [1.82, 2.24) is 9.55 Å². The number of hydrogen-bond donors (Lipinski definition) is 1. The van der Waals surface area contributed by atoms with E-state index in [1.165, 1.54) is 0 Å². The van der Waals surface area contributed by atoms with Crippen LogP contribution >= 0.6 is 11.6 Å². The molecule has 0 aliphatic heterocycles. The highest BCUT2D eigenvalue weighted by Crippen LogP contribution is 2.24. The molecular formula is C13H10ClN3. The summed E-state index contributed by atoms with van der Waals surface area (Å²) in [5, 5.41) is 0.568. The number of nitrogen functional groups attached to an aromatic ring is 1. The second kappa shape index (κ2) is 3.79. The van der Waals surface area contributed by atoms with E-state index in [1.54, 1.807) is 12.4 Å². The van der Waals surface area contributed by atoms with Gasteiger partial charge in [0.15, 0.2) is 0 Å². The number of aromatic nitrogens is 2. The molecular weight excluding hydrogens is 234 g/mol. The Hall–Kier alpha value is -2.00. The van der Waals surface area contributed by atoms with E-state index < -0.39 is 0 Å². The van der Waals surface area contributed by atoms with Crippen LogP contribution in [0.3, 0.4) is 0 Å². The normalized spacial score (nSPS) is 10.9. The minimum absolute atomic E-state index is 0.568. The van der Waals surface area contributed by atoms with Crippen molar-refractivity contribution < 1.29 is 0 Å². The van der Waals surface area contributed by atoms with Gasteiger partial charge in [-0.1, -0.05) is 23.7 Å². The van der Waals surface area contributed by atoms with Crippen molar-refractivity contribution in [2.45, 2.75) is 0 Å². The van der Waals surface area contributed by atoms with Crippen LogP contribution in [-0.2, 0) is 0 Å². The maximum absolute atomic E-state index is 5.91. The molecule has 17 heavy (non-hydrogen) atoms. The van der Waals surface area contributed by atoms with Gasteiger partial charge in [0.25, 0.3) is 0 Å². The highest BCUT2D eigenvalue weighted by molar-refractivity contribution is 6.33. The predicted octanol–water partition coefficient (Wildman–Crippen LogP) is 3.26. The fraction of sp³-hybridized carbons (Fsp3) is 0. The minimum Gasteiger partial charge on any atom is -0.397 e. The first-order valence-electron chi connectivity index (χ1n) is 5.23. The zero-order valence-electron chi connectivity index (χ0n) is 8.97. The SMILES string of the molecule is Nc1cc(-n2cnc3ccccc32)ccc1Cl. The van der Waals surface area contributed by atoms with Gasteiger partial charge in [-0.15, -0.1) is 0 Å². The number of hydrogen-bond acceptors (Lipinski definition) is 2. The number of halogens is 1. The molecule has 3 rings (SSSR count). The quantitative estimate of drug-likeness (QED) is 0.667. The lowest BCUT2D eigenvalue weighted by molar-refractivity contribution is 1.09. The van der Waals surface area contributed by atoms with Crippen LogP contribution in [0.1, 0.15) is 0 Å². The molecule has 0 aliphatic rings. The Labute approximate surface area is 103 Å². The minimum atomic E-state index is 0.568. The van der Waals surface area contributed by atoms with Gasteiger partial charge >= 0.3 is 0 Å². The molecule has 1 heterocycles. The van der Waals surface area contributed by atoms with Gasteiger partial charge in [0.05, 0.1) is 21.7 Å². The average molecular weight is 244 g/mol. The van der Waals surface area contributed by atoms with Gasteiger partial charge in [-0.25, -0.2) is 4.98 Å². The first kappa shape index (κ1) is 10.2. The molecule has 84 valence electrons. The lowest BCUT2D eigenvalue weighted by atomic mass is 10.2. The van der Waals surface area contributed by atoms with Crippen molar-refractivity contribution in [1.29, 1.82) is 0 Å². The standard InChI is InChI=1S/C13H10ClN3/c14-10-6-5-9(7-11(10)15)17-8-16-12-3-1-2-4-13(12)17/h1-8H,15H2. The van der Waals surface area contributed by atoms with Crippen molar-refractivity contribution in [3.63, 3.8) is 0 Å². The largest absolute Gasteiger partial charge is 0.397 e. The summed E-state index contributed by atoms with van der Waals surface area (Å²) in [6, 6.07) is 13.5. The highest BCUT2D eigenvalue weighted by atomic mass is 35.5. The number of fused-ring (bicyclic) bond motifs is 1. The van der Waals surface area contributed by atoms with Crippen molar-refractivity contribution in [2.24, 2.45) is 0 Å². The third-order valence-corrected chi connectivity index (χ3v) is 3.06. The van der Waals surface area contributed by atoms with Crippen molar-refractivity contribution in [3.05, 3.63) is 53.8 Å². The first-order chi connectivity index (χ1) is 8.25. The summed E-state index contributed by atoms with van der Waals surface area (Å²) in [5.41, 5.74) is 9.34. The lowest BCUT2D eigenvalue weighted by Gasteiger charge is -2.06. The summed E-state index contributed by atoms with van der Waals surface area (Å²) >= 11 is 5.91. The topological polar surface area (TPSA) is 43.8 Å². The van der Waals surface area contributed by atoms with Crippen LogP contribution in [0.2, 0.25) is 5.02 Å². The fourth-order valence-corrected chi connectivity index (χ4v) is 1.96. The summed E-state index contributed by atoms with van der Waals surface area (Å²) in [4.78, 5) is 4.34. The molecule has 4 heteroatoms. The Morgan fingerprint density at radius 1 is 1.12 bits per heavy atom. The Kier molecular flexibility index (Phi) is 2.27. The molecule has 0 spiro atoms. The molecule has 2 aromatic carbocycles. The molecule has 0 saturated carbocycles. The average Bonchev–Trinajstić information content (AvgIpc) is 2.76. The molecule has 0 atom stereocenters. The Morgan fingerprint density at radius 2 is 1.94 bits per heavy atom. The van der Waals surface area contributed by atoms with E-state index in [2.05, 4.69) is 4.98 Å². The second-order valence-corrected chi connectivity index (χ2v) is 4.22. The number of anilines is 1. The molecule has 3 aromatic rings. The molecule has 0 unspecified atom stereocenters. The molecule has 0 amide bonds. The van der Waals surface area contributed by atoms with E-state index >= 15 is 0 Å². The van der Waals surface area contributed by atoms with E-state index in [0.717, 1.165) is 16.7 Å². The van der Waals surface area contributed by atoms with E-state index in [4.69, 9.17) is 17.3 Å². The monoisotopic (exact) mass is 243 g/mol. The number of para-hydroxylation sites is 2. The van der Waals surface area contributed by atoms with Gasteiger partial charge in [0, 0.05) is 5.69 Å². The summed E-state index contributed by atoms with van der Waals surface area (Å²) in [6.45, 7) is 0. The summed E-state index contributed by atoms with van der Waals surface area (Å²) in [7, 11) is 0. The van der Waals surface area contributed by atoms with Crippen LogP contribution in [0.5, 0.6) is 0 Å². The van der Waals surface area contributed by atoms with E-state index in [1.807, 2.05) is 41.0 Å². The Morgan fingerprint density at radius 3 is 2.76 bits per heavy atom. The van der Waals surface area contributed by atoms with Crippen LogP contribution < -0.4 is 5.73 Å². The maximum Gasteiger partial charge on any atom is 0.100 e. The van der Waals surface area contributed by atoms with Gasteiger partial charge in [-0.05, 0) is 30.3 Å². The molecule has 0 radical (unpaired) electrons. The second-order valence-electron chi connectivity index (χ2n) is 3.81. The summed E-state index contributed by atoms with van der Waals surface area (Å²) in [6.07, 6.45) is 1.79. The van der Waals surface area contributed by atoms with Gasteiger partial charge in [0.2, 0.25) is 0 Å². The molecule has 0 saturated heterocycles. The van der Waals surface area contributed by atoms with E-state index in [-0.39, 0.29) is 0 Å². The van der Waals surface area contributed by atoms with Crippen LogP contribution in [0, 0.1) is 0 Å². The lowest BCUT2D eigenvalue weighted by Crippen LogP contribution is -1.94. The number of rotatable bonds is 1. The fourth-order valence-electron chi connectivity index (χ4n) is 1.85. The van der Waals surface area contributed by atoms with Gasteiger partial charge < -0.3 is 5.73 Å². The van der Waals surface area contributed by atoms with Crippen molar-refractivity contribution >= 4 is 28.3 Å². The third kappa shape index (κ3) is 1.65. The third-order valence-electron chi connectivity index (χ3n) is 2.71. The molecule has 0 bridgehead atoms. The summed E-state index contributed by atoms with van der Waals surface area (Å²) in [5.74, 6) is 0. The summed E-state index contributed by atoms with van der Waals surface area (Å²) < 4.78 is 1.99. The number of benzene rings is 2. The zero-order valence-corrected chi connectivity index (χ0v) is 9.72. The smallest absolute Gasteiger partial charge is 0.100 e. The molecule has 1 aromatic heterocycles. The van der Waals surface area contributed by atoms with E-state index in [0.29, 0.717) is 10.7 Å². The van der Waals surface area contributed by atoms with Crippen molar-refractivity contribution in [2.75, 3.05) is 5.73 Å². The molecule has 0 aliphatic carbocycles. The van der Waals surface area contributed by atoms with Gasteiger partial charge in [0.1, 0.15) is 6.33 Å². The Balaban J connectivity index is 2.24. The van der Waals surface area contributed by atoms with Gasteiger partial charge in [-0.3, -0.25) is 4.57 Å². The number of imidazole rings is 1. The molecule has 0 fully saturated rings. The highest BCUT2D eigenvalue weighted by Gasteiger charge is 2.05. The first-order valence-corrected chi connectivity index (χ1v) is 5.61. The predicted molar refractivity (Wildman–Crippen MR) is 70.5 cm³/mol.